The summed E-state index contributed by atoms with van der Waals surface area (Å²) in [6.07, 6.45) is 9.31. The highest BCUT2D eigenvalue weighted by Crippen LogP contribution is 2.22. The van der Waals surface area contributed by atoms with E-state index >= 15 is 0 Å². The second-order valence-electron chi connectivity index (χ2n) is 6.18. The third-order valence-electron chi connectivity index (χ3n) is 4.15. The molecule has 22 heavy (non-hydrogen) atoms. The van der Waals surface area contributed by atoms with Crippen LogP contribution in [0.15, 0.2) is 24.3 Å². The summed E-state index contributed by atoms with van der Waals surface area (Å²) in [4.78, 5) is 0. The standard InChI is InChI=1S/C17H28N2O2S/c1-2-3-14-22(20,21)19-17-12-10-16(11-13-17)18-15-8-6-4-5-7-9-15/h10-13,15,18-19H,2-9,14H2,1H3. The van der Waals surface area contributed by atoms with Crippen LogP contribution in [0, 0.1) is 0 Å². The van der Waals surface area contributed by atoms with Crippen molar-refractivity contribution in [2.45, 2.75) is 64.3 Å². The third kappa shape index (κ3) is 5.87. The molecular weight excluding hydrogens is 296 g/mol. The fourth-order valence-electron chi connectivity index (χ4n) is 2.86. The van der Waals surface area contributed by atoms with Gasteiger partial charge in [0, 0.05) is 17.4 Å². The Morgan fingerprint density at radius 1 is 1.00 bits per heavy atom. The van der Waals surface area contributed by atoms with Gasteiger partial charge in [0.2, 0.25) is 10.0 Å². The number of benzene rings is 1. The highest BCUT2D eigenvalue weighted by atomic mass is 32.2. The molecule has 0 saturated heterocycles. The van der Waals surface area contributed by atoms with Gasteiger partial charge in [-0.25, -0.2) is 8.42 Å². The van der Waals surface area contributed by atoms with Gasteiger partial charge in [0.05, 0.1) is 5.75 Å². The molecule has 0 bridgehead atoms. The van der Waals surface area contributed by atoms with Crippen molar-refractivity contribution in [3.63, 3.8) is 0 Å². The lowest BCUT2D eigenvalue weighted by Gasteiger charge is -2.18. The Balaban J connectivity index is 1.89. The summed E-state index contributed by atoms with van der Waals surface area (Å²) >= 11 is 0. The second kappa shape index (κ2) is 8.42. The monoisotopic (exact) mass is 324 g/mol. The van der Waals surface area contributed by atoms with Crippen molar-refractivity contribution >= 4 is 21.4 Å². The lowest BCUT2D eigenvalue weighted by molar-refractivity contribution is 0.598. The maximum absolute atomic E-state index is 11.9. The Labute approximate surface area is 134 Å². The largest absolute Gasteiger partial charge is 0.382 e. The number of anilines is 2. The van der Waals surface area contributed by atoms with Gasteiger partial charge in [0.15, 0.2) is 0 Å². The van der Waals surface area contributed by atoms with Crippen LogP contribution in [0.5, 0.6) is 0 Å². The fraction of sp³-hybridized carbons (Fsp3) is 0.647. The van der Waals surface area contributed by atoms with Crippen LogP contribution in [-0.2, 0) is 10.0 Å². The van der Waals surface area contributed by atoms with Gasteiger partial charge in [-0.1, -0.05) is 39.0 Å². The van der Waals surface area contributed by atoms with Gasteiger partial charge >= 0.3 is 0 Å². The number of unbranched alkanes of at least 4 members (excludes halogenated alkanes) is 1. The second-order valence-corrected chi connectivity index (χ2v) is 8.03. The van der Waals surface area contributed by atoms with Crippen molar-refractivity contribution in [3.05, 3.63) is 24.3 Å². The smallest absolute Gasteiger partial charge is 0.232 e. The molecule has 4 nitrogen and oxygen atoms in total. The molecule has 0 atom stereocenters. The molecule has 1 saturated carbocycles. The summed E-state index contributed by atoms with van der Waals surface area (Å²) in [6, 6.07) is 8.14. The maximum Gasteiger partial charge on any atom is 0.232 e. The van der Waals surface area contributed by atoms with E-state index < -0.39 is 10.0 Å². The molecule has 2 N–H and O–H groups in total. The Morgan fingerprint density at radius 3 is 2.18 bits per heavy atom. The van der Waals surface area contributed by atoms with E-state index in [2.05, 4.69) is 10.0 Å². The van der Waals surface area contributed by atoms with Crippen LogP contribution < -0.4 is 10.0 Å². The van der Waals surface area contributed by atoms with E-state index in [-0.39, 0.29) is 5.75 Å². The maximum atomic E-state index is 11.9. The quantitative estimate of drug-likeness (QED) is 0.733. The molecule has 0 heterocycles. The van der Waals surface area contributed by atoms with Crippen molar-refractivity contribution in [2.24, 2.45) is 0 Å². The highest BCUT2D eigenvalue weighted by molar-refractivity contribution is 7.92. The number of hydrogen-bond donors (Lipinski definition) is 2. The van der Waals surface area contributed by atoms with Crippen LogP contribution in [-0.4, -0.2) is 20.2 Å². The first kappa shape index (κ1) is 17.1. The van der Waals surface area contributed by atoms with E-state index in [0.717, 1.165) is 12.1 Å². The predicted molar refractivity (Wildman–Crippen MR) is 93.9 cm³/mol. The predicted octanol–water partition coefficient (Wildman–Crippen LogP) is 4.36. The van der Waals surface area contributed by atoms with Gasteiger partial charge < -0.3 is 5.32 Å². The minimum absolute atomic E-state index is 0.186. The van der Waals surface area contributed by atoms with Crippen molar-refractivity contribution in [1.82, 2.24) is 0 Å². The van der Waals surface area contributed by atoms with E-state index in [0.29, 0.717) is 18.2 Å². The Kier molecular flexibility index (Phi) is 6.55. The van der Waals surface area contributed by atoms with Crippen LogP contribution in [0.2, 0.25) is 0 Å². The van der Waals surface area contributed by atoms with Crippen LogP contribution in [0.4, 0.5) is 11.4 Å². The molecule has 124 valence electrons. The molecule has 0 spiro atoms. The van der Waals surface area contributed by atoms with E-state index in [1.54, 1.807) is 0 Å². The van der Waals surface area contributed by atoms with E-state index in [1.165, 1.54) is 38.5 Å². The van der Waals surface area contributed by atoms with Gasteiger partial charge in [-0.15, -0.1) is 0 Å². The lowest BCUT2D eigenvalue weighted by Crippen LogP contribution is -2.18. The summed E-state index contributed by atoms with van der Waals surface area (Å²) in [5.74, 6) is 0.186. The van der Waals surface area contributed by atoms with Crippen LogP contribution in [0.25, 0.3) is 0 Å². The summed E-state index contributed by atoms with van der Waals surface area (Å²) < 4.78 is 26.4. The summed E-state index contributed by atoms with van der Waals surface area (Å²) in [7, 11) is -3.21. The zero-order chi connectivity index (χ0) is 15.8. The fourth-order valence-corrected chi connectivity index (χ4v) is 4.12. The molecule has 1 fully saturated rings. The molecule has 0 aliphatic heterocycles. The molecule has 1 aliphatic carbocycles. The molecule has 5 heteroatoms. The first-order chi connectivity index (χ1) is 10.6. The van der Waals surface area contributed by atoms with Crippen molar-refractivity contribution in [1.29, 1.82) is 0 Å². The van der Waals surface area contributed by atoms with E-state index in [1.807, 2.05) is 31.2 Å². The molecule has 1 aromatic rings. The lowest BCUT2D eigenvalue weighted by atomic mass is 10.1. The summed E-state index contributed by atoms with van der Waals surface area (Å²) in [5, 5.41) is 3.57. The van der Waals surface area contributed by atoms with Crippen LogP contribution in [0.1, 0.15) is 58.3 Å². The summed E-state index contributed by atoms with van der Waals surface area (Å²) in [6.45, 7) is 1.99. The topological polar surface area (TPSA) is 58.2 Å². The molecule has 1 aliphatic rings. The molecule has 0 radical (unpaired) electrons. The zero-order valence-electron chi connectivity index (χ0n) is 13.5. The molecule has 0 amide bonds. The molecule has 0 unspecified atom stereocenters. The van der Waals surface area contributed by atoms with Gasteiger partial charge in [-0.3, -0.25) is 4.72 Å². The summed E-state index contributed by atoms with van der Waals surface area (Å²) in [5.41, 5.74) is 1.71. The molecule has 2 rings (SSSR count). The van der Waals surface area contributed by atoms with Crippen molar-refractivity contribution in [2.75, 3.05) is 15.8 Å². The first-order valence-corrected chi connectivity index (χ1v) is 10.1. The van der Waals surface area contributed by atoms with E-state index in [4.69, 9.17) is 0 Å². The first-order valence-electron chi connectivity index (χ1n) is 8.46. The number of hydrogen-bond acceptors (Lipinski definition) is 3. The van der Waals surface area contributed by atoms with Crippen LogP contribution in [0.3, 0.4) is 0 Å². The molecular formula is C17H28N2O2S. The minimum Gasteiger partial charge on any atom is -0.382 e. The number of nitrogens with one attached hydrogen (secondary N) is 2. The molecule has 1 aromatic carbocycles. The normalized spacial score (nSPS) is 17.0. The zero-order valence-corrected chi connectivity index (χ0v) is 14.3. The highest BCUT2D eigenvalue weighted by Gasteiger charge is 2.12. The number of sulfonamides is 1. The van der Waals surface area contributed by atoms with Gasteiger partial charge in [0.1, 0.15) is 0 Å². The van der Waals surface area contributed by atoms with E-state index in [9.17, 15) is 8.42 Å². The average molecular weight is 324 g/mol. The van der Waals surface area contributed by atoms with Gasteiger partial charge in [-0.05, 0) is 43.5 Å². The van der Waals surface area contributed by atoms with Crippen LogP contribution >= 0.6 is 0 Å². The third-order valence-corrected chi connectivity index (χ3v) is 5.52. The molecule has 0 aromatic heterocycles. The van der Waals surface area contributed by atoms with Crippen molar-refractivity contribution in [3.8, 4) is 0 Å². The number of rotatable bonds is 7. The minimum atomic E-state index is -3.21. The average Bonchev–Trinajstić information content (AvgIpc) is 2.76. The van der Waals surface area contributed by atoms with Crippen molar-refractivity contribution < 1.29 is 8.42 Å². The SMILES string of the molecule is CCCCS(=O)(=O)Nc1ccc(NC2CCCCCC2)cc1. The Hall–Kier alpha value is -1.23. The van der Waals surface area contributed by atoms with Gasteiger partial charge in [-0.2, -0.15) is 0 Å². The van der Waals surface area contributed by atoms with Gasteiger partial charge in [0.25, 0.3) is 0 Å². The Morgan fingerprint density at radius 2 is 1.59 bits per heavy atom. The Bertz CT molecular complexity index is 532.